The standard InChI is InChI=1S/C69H105N21O15S3/c1-7-18-57(93)84-51(62(98)88-50(22-17-33-82-67(76)77)61(97)87-49(21-16-32-81-66(74)75)60(96)86-48(20-15-31-80-65(72)73)59(95)85-46(41(2)91)19-14-30-79-64(70)71)40-106-53-39-58(94)90(63(53)99)36-34-78-56(92)25-12-9-13-35-89-52-29-27-43(108(103,104)105)38-45(52)69(5,6)55(89)24-11-8-10-23-54-68(3,4)44-37-42(107(100,101)102)26-28-47(44)83-54/h8,10-11,23-24,26-29,37-38,46,48-51,53H,7,9,12-22,25,30-36,39-40H2,1-6H3,(H,78,92)(H,84,93)(H,85,95)(H,86,96)(H,87,97)(H,88,98)(H4,70,71,79)(H4,72,73,80)(H4,74,75,81)(H4,76,77,82)(H,100,101,102)(H,103,104,105)/b11-8+,23-10+,55-24+/t46-,48-,49-,50-,51-,53?/m1/s1. The molecule has 0 saturated carbocycles. The van der Waals surface area contributed by atoms with Gasteiger partial charge in [-0.2, -0.15) is 16.8 Å². The van der Waals surface area contributed by atoms with E-state index in [1.165, 1.54) is 31.2 Å². The largest absolute Gasteiger partial charge is 0.370 e. The molecule has 0 aromatic heterocycles. The number of hydrogen-bond acceptors (Lipinski definition) is 20. The molecule has 0 radical (unpaired) electrons. The van der Waals surface area contributed by atoms with Gasteiger partial charge in [-0.05, 0) is 137 Å². The van der Waals surface area contributed by atoms with Gasteiger partial charge < -0.3 is 81.0 Å². The van der Waals surface area contributed by atoms with Gasteiger partial charge in [0, 0.05) is 93.0 Å². The second kappa shape index (κ2) is 41.4. The Morgan fingerprint density at radius 3 is 1.55 bits per heavy atom. The summed E-state index contributed by atoms with van der Waals surface area (Å²) in [6.07, 6.45) is 11.5. The van der Waals surface area contributed by atoms with Crippen molar-refractivity contribution < 1.29 is 69.1 Å². The van der Waals surface area contributed by atoms with Crippen LogP contribution in [0.2, 0.25) is 0 Å². The number of thioether (sulfide) groups is 1. The number of amides is 8. The molecule has 0 spiro atoms. The second-order valence-corrected chi connectivity index (χ2v) is 31.3. The highest BCUT2D eigenvalue weighted by molar-refractivity contribution is 8.00. The van der Waals surface area contributed by atoms with E-state index in [0.29, 0.717) is 61.2 Å². The number of fused-ring (bicyclic) bond motifs is 2. The van der Waals surface area contributed by atoms with Gasteiger partial charge in [0.2, 0.25) is 47.3 Å². The van der Waals surface area contributed by atoms with Gasteiger partial charge in [0.1, 0.15) is 24.2 Å². The Hall–Kier alpha value is -9.99. The number of Topliss-reactive ketones (excluding diaryl/α,β-unsaturated/α-hetero) is 1. The number of likely N-dealkylation sites (tertiary alicyclic amines) is 1. The fourth-order valence-corrected chi connectivity index (χ4v) is 14.5. The van der Waals surface area contributed by atoms with Gasteiger partial charge in [-0.25, -0.2) is 0 Å². The van der Waals surface area contributed by atoms with E-state index in [1.807, 2.05) is 39.8 Å². The third-order valence-electron chi connectivity index (χ3n) is 18.1. The van der Waals surface area contributed by atoms with Crippen molar-refractivity contribution in [2.45, 2.75) is 194 Å². The number of guanidine groups is 4. The van der Waals surface area contributed by atoms with E-state index < -0.39 is 114 Å². The lowest BCUT2D eigenvalue weighted by molar-refractivity contribution is -0.138. The number of nitrogens with one attached hydrogen (secondary N) is 14. The lowest BCUT2D eigenvalue weighted by Crippen LogP contribution is -2.59. The fourth-order valence-electron chi connectivity index (χ4n) is 12.3. The molecule has 3 heterocycles. The van der Waals surface area contributed by atoms with Crippen LogP contribution in [0.4, 0.5) is 11.4 Å². The molecule has 5 rings (SSSR count). The van der Waals surface area contributed by atoms with Crippen LogP contribution in [0.5, 0.6) is 0 Å². The highest BCUT2D eigenvalue weighted by Gasteiger charge is 2.43. The van der Waals surface area contributed by atoms with E-state index in [0.717, 1.165) is 28.0 Å². The van der Waals surface area contributed by atoms with Gasteiger partial charge in [-0.3, -0.25) is 83.8 Å². The zero-order valence-electron chi connectivity index (χ0n) is 61.7. The van der Waals surface area contributed by atoms with Gasteiger partial charge in [-0.15, -0.1) is 11.8 Å². The number of nitrogens with two attached hydrogens (primary N) is 4. The maximum atomic E-state index is 14.5. The van der Waals surface area contributed by atoms with Crippen LogP contribution in [0.25, 0.3) is 0 Å². The van der Waals surface area contributed by atoms with Crippen molar-refractivity contribution in [3.8, 4) is 0 Å². The lowest BCUT2D eigenvalue weighted by Gasteiger charge is -2.27. The molecule has 39 heteroatoms. The van der Waals surface area contributed by atoms with E-state index >= 15 is 0 Å². The SMILES string of the molecule is CCCC(=O)N[C@H](CSC1CC(=O)N(CCNC(=O)CCCCCN2/C(=C/C=C/C=C/C3=Nc4ccc(S(=O)(=O)O)cc4C3(C)C)C(C)(C)c3cc(S(=O)(=O)O)ccc32)C1=O)C(=O)N[C@H](CCCNC(=N)N)C(=O)N[C@H](CCCNC(=N)N)C(=O)N[C@H](CCCNC(=N)N)C(=O)N[C@H](CCCNC(=N)N)C(C)=O. The Bertz CT molecular complexity index is 4030. The van der Waals surface area contributed by atoms with Crippen molar-refractivity contribution in [2.24, 2.45) is 27.9 Å². The van der Waals surface area contributed by atoms with Crippen molar-refractivity contribution in [1.29, 1.82) is 21.6 Å². The van der Waals surface area contributed by atoms with Gasteiger partial charge in [0.15, 0.2) is 29.6 Å². The Balaban J connectivity index is 1.22. The molecule has 0 aliphatic carbocycles. The van der Waals surface area contributed by atoms with Crippen LogP contribution in [-0.2, 0) is 74.2 Å². The minimum atomic E-state index is -4.54. The molecule has 8 amide bonds. The van der Waals surface area contributed by atoms with Crippen LogP contribution < -0.4 is 81.0 Å². The summed E-state index contributed by atoms with van der Waals surface area (Å²) in [5.74, 6) is -7.46. The number of carbonyl (C=O) groups is 9. The quantitative estimate of drug-likeness (QED) is 0.0109. The first kappa shape index (κ1) is 88.6. The van der Waals surface area contributed by atoms with Crippen LogP contribution in [0, 0.1) is 21.6 Å². The molecule has 3 aliphatic heterocycles. The third-order valence-corrected chi connectivity index (χ3v) is 21.1. The van der Waals surface area contributed by atoms with Gasteiger partial charge in [0.25, 0.3) is 20.2 Å². The van der Waals surface area contributed by atoms with Crippen LogP contribution in [0.1, 0.15) is 149 Å². The van der Waals surface area contributed by atoms with Crippen molar-refractivity contribution in [1.82, 2.24) is 58.1 Å². The van der Waals surface area contributed by atoms with Gasteiger partial charge in [-0.1, -0.05) is 59.3 Å². The minimum Gasteiger partial charge on any atom is -0.370 e. The summed E-state index contributed by atoms with van der Waals surface area (Å²) < 4.78 is 67.9. The van der Waals surface area contributed by atoms with Crippen molar-refractivity contribution in [2.75, 3.05) is 56.5 Å². The third kappa shape index (κ3) is 27.4. The number of rotatable bonds is 45. The number of benzene rings is 2. The van der Waals surface area contributed by atoms with Crippen LogP contribution >= 0.6 is 11.8 Å². The summed E-state index contributed by atoms with van der Waals surface area (Å²) >= 11 is 0.919. The first-order valence-corrected chi connectivity index (χ1v) is 39.4. The first-order valence-electron chi connectivity index (χ1n) is 35.5. The predicted octanol–water partition coefficient (Wildman–Crippen LogP) is 0.741. The van der Waals surface area contributed by atoms with E-state index in [4.69, 9.17) is 44.6 Å². The lowest BCUT2D eigenvalue weighted by atomic mass is 9.81. The average molecular weight is 1560 g/mol. The van der Waals surface area contributed by atoms with Crippen molar-refractivity contribution >= 4 is 126 Å². The Morgan fingerprint density at radius 2 is 1.06 bits per heavy atom. The van der Waals surface area contributed by atoms with E-state index in [1.54, 1.807) is 37.3 Å². The number of hydrogen-bond donors (Lipinski definition) is 20. The fraction of sp³-hybridized carbons (Fsp3) is 0.536. The molecule has 24 N–H and O–H groups in total. The number of carbonyl (C=O) groups excluding carboxylic acids is 9. The monoisotopic (exact) mass is 1560 g/mol. The summed E-state index contributed by atoms with van der Waals surface area (Å²) in [6.45, 7) is 11.3. The molecular weight excluding hydrogens is 1460 g/mol. The molecule has 0 bridgehead atoms. The molecule has 1 fully saturated rings. The van der Waals surface area contributed by atoms with Gasteiger partial charge in [0.05, 0.1) is 32.5 Å². The summed E-state index contributed by atoms with van der Waals surface area (Å²) in [6, 6.07) is 2.07. The number of allylic oxidation sites excluding steroid dienone is 6. The molecule has 6 atom stereocenters. The highest BCUT2D eigenvalue weighted by atomic mass is 32.2. The zero-order chi connectivity index (χ0) is 80.3. The molecule has 36 nitrogen and oxygen atoms in total. The number of anilines is 1. The smallest absolute Gasteiger partial charge is 0.294 e. The number of ketones is 1. The van der Waals surface area contributed by atoms with E-state index in [-0.39, 0.29) is 149 Å². The van der Waals surface area contributed by atoms with Crippen molar-refractivity contribution in [3.63, 3.8) is 0 Å². The molecule has 2 aromatic rings. The van der Waals surface area contributed by atoms with E-state index in [2.05, 4.69) is 63.1 Å². The Morgan fingerprint density at radius 1 is 0.574 bits per heavy atom. The first-order chi connectivity index (χ1) is 50.8. The van der Waals surface area contributed by atoms with Gasteiger partial charge >= 0.3 is 0 Å². The molecule has 3 aliphatic rings. The number of aliphatic imine (C=N–C) groups is 1. The van der Waals surface area contributed by atoms with E-state index in [9.17, 15) is 69.1 Å². The van der Waals surface area contributed by atoms with Crippen LogP contribution in [-0.4, -0.2) is 200 Å². The summed E-state index contributed by atoms with van der Waals surface area (Å²) in [7, 11) is -8.97. The molecule has 594 valence electrons. The highest BCUT2D eigenvalue weighted by Crippen LogP contribution is 2.49. The normalized spacial score (nSPS) is 16.8. The number of nitrogens with zero attached hydrogens (tertiary/aromatic N) is 3. The van der Waals surface area contributed by atoms with Crippen LogP contribution in [0.15, 0.2) is 87.3 Å². The second-order valence-electron chi connectivity index (χ2n) is 27.2. The maximum absolute atomic E-state index is 14.5. The Labute approximate surface area is 633 Å². The summed E-state index contributed by atoms with van der Waals surface area (Å²) in [5.41, 5.74) is 24.5. The zero-order valence-corrected chi connectivity index (χ0v) is 64.1. The molecule has 108 heavy (non-hydrogen) atoms. The Kier molecular flexibility index (Phi) is 34.0. The molecule has 1 saturated heterocycles. The topological polar surface area (TPSA) is 601 Å². The average Bonchev–Trinajstić information content (AvgIpc) is 1.59. The predicted molar refractivity (Wildman–Crippen MR) is 410 cm³/mol. The number of imide groups is 1. The van der Waals surface area contributed by atoms with Crippen LogP contribution in [0.3, 0.4) is 0 Å². The molecular formula is C69H105N21O15S3. The summed E-state index contributed by atoms with van der Waals surface area (Å²) in [5, 5.41) is 55.8. The number of unbranched alkanes of at least 4 members (excludes halogenated alkanes) is 2. The molecule has 1 unspecified atom stereocenters. The maximum Gasteiger partial charge on any atom is 0.294 e. The van der Waals surface area contributed by atoms with Crippen molar-refractivity contribution in [3.05, 3.63) is 83.6 Å². The summed E-state index contributed by atoms with van der Waals surface area (Å²) in [4.78, 5) is 131. The molecule has 2 aromatic carbocycles. The minimum absolute atomic E-state index is 0.00971.